The molecule has 4 heteroatoms. The molecule has 0 bridgehead atoms. The van der Waals surface area contributed by atoms with Crippen molar-refractivity contribution in [3.05, 3.63) is 29.8 Å². The lowest BCUT2D eigenvalue weighted by Gasteiger charge is -2.43. The number of nitrogens with zero attached hydrogens (tertiary/aromatic N) is 2. The molecule has 0 radical (unpaired) electrons. The van der Waals surface area contributed by atoms with Gasteiger partial charge in [-0.15, -0.1) is 0 Å². The van der Waals surface area contributed by atoms with Crippen LogP contribution in [0.15, 0.2) is 24.3 Å². The van der Waals surface area contributed by atoms with Crippen molar-refractivity contribution in [1.82, 2.24) is 9.80 Å². The number of hydrogen-bond acceptors (Lipinski definition) is 4. The van der Waals surface area contributed by atoms with Crippen LogP contribution in [0.1, 0.15) is 18.5 Å². The van der Waals surface area contributed by atoms with E-state index in [1.54, 1.807) is 0 Å². The molecule has 1 aromatic carbocycles. The molecule has 0 spiro atoms. The van der Waals surface area contributed by atoms with E-state index in [1.807, 2.05) is 18.2 Å². The van der Waals surface area contributed by atoms with Gasteiger partial charge in [0.25, 0.3) is 0 Å². The van der Waals surface area contributed by atoms with Crippen LogP contribution in [0, 0.1) is 0 Å². The maximum atomic E-state index is 10.3. The molecule has 2 aliphatic rings. The van der Waals surface area contributed by atoms with E-state index in [2.05, 4.69) is 22.8 Å². The van der Waals surface area contributed by atoms with Gasteiger partial charge in [-0.2, -0.15) is 0 Å². The SMILES string of the molecule is CCN1CCN(C2c3ccccc3OCC2O)CC1. The molecule has 1 saturated heterocycles. The number of fused-ring (bicyclic) bond motifs is 1. The number of rotatable bonds is 2. The molecule has 2 heterocycles. The third-order valence-corrected chi connectivity index (χ3v) is 4.26. The molecule has 104 valence electrons. The topological polar surface area (TPSA) is 35.9 Å². The summed E-state index contributed by atoms with van der Waals surface area (Å²) in [5.74, 6) is 0.927. The van der Waals surface area contributed by atoms with E-state index < -0.39 is 6.10 Å². The second-order valence-corrected chi connectivity index (χ2v) is 5.33. The van der Waals surface area contributed by atoms with Crippen LogP contribution in [0.3, 0.4) is 0 Å². The summed E-state index contributed by atoms with van der Waals surface area (Å²) in [5.41, 5.74) is 1.13. The zero-order chi connectivity index (χ0) is 13.2. The molecular weight excluding hydrogens is 240 g/mol. The highest BCUT2D eigenvalue weighted by atomic mass is 16.5. The number of aliphatic hydroxyl groups excluding tert-OH is 1. The Kier molecular flexibility index (Phi) is 3.73. The fourth-order valence-electron chi connectivity index (χ4n) is 3.13. The summed E-state index contributed by atoms with van der Waals surface area (Å²) in [6.45, 7) is 7.92. The Morgan fingerprint density at radius 1 is 1.21 bits per heavy atom. The van der Waals surface area contributed by atoms with Gasteiger partial charge in [-0.05, 0) is 12.6 Å². The number of hydrogen-bond donors (Lipinski definition) is 1. The molecule has 3 rings (SSSR count). The molecule has 4 nitrogen and oxygen atoms in total. The predicted octanol–water partition coefficient (Wildman–Crippen LogP) is 1.12. The van der Waals surface area contributed by atoms with Gasteiger partial charge in [0.15, 0.2) is 0 Å². The Morgan fingerprint density at radius 2 is 1.95 bits per heavy atom. The summed E-state index contributed by atoms with van der Waals surface area (Å²) in [4.78, 5) is 4.85. The third-order valence-electron chi connectivity index (χ3n) is 4.26. The van der Waals surface area contributed by atoms with Crippen molar-refractivity contribution in [2.24, 2.45) is 0 Å². The fraction of sp³-hybridized carbons (Fsp3) is 0.600. The van der Waals surface area contributed by atoms with E-state index in [0.717, 1.165) is 44.0 Å². The lowest BCUT2D eigenvalue weighted by molar-refractivity contribution is -0.0174. The third kappa shape index (κ3) is 2.48. The first-order valence-electron chi connectivity index (χ1n) is 7.16. The van der Waals surface area contributed by atoms with Gasteiger partial charge in [-0.1, -0.05) is 25.1 Å². The molecule has 19 heavy (non-hydrogen) atoms. The van der Waals surface area contributed by atoms with Gasteiger partial charge in [0, 0.05) is 31.7 Å². The van der Waals surface area contributed by atoms with Gasteiger partial charge >= 0.3 is 0 Å². The van der Waals surface area contributed by atoms with Crippen LogP contribution in [0.4, 0.5) is 0 Å². The highest BCUT2D eigenvalue weighted by molar-refractivity contribution is 5.38. The largest absolute Gasteiger partial charge is 0.490 e. The zero-order valence-electron chi connectivity index (χ0n) is 11.5. The van der Waals surface area contributed by atoms with E-state index in [4.69, 9.17) is 4.74 Å². The first kappa shape index (κ1) is 12.9. The Morgan fingerprint density at radius 3 is 2.68 bits per heavy atom. The van der Waals surface area contributed by atoms with Crippen LogP contribution in [0.25, 0.3) is 0 Å². The quantitative estimate of drug-likeness (QED) is 0.866. The molecule has 0 saturated carbocycles. The van der Waals surface area contributed by atoms with Crippen LogP contribution in [0.2, 0.25) is 0 Å². The van der Waals surface area contributed by atoms with Crippen molar-refractivity contribution in [3.8, 4) is 5.75 Å². The molecule has 2 unspecified atom stereocenters. The zero-order valence-corrected chi connectivity index (χ0v) is 11.5. The summed E-state index contributed by atoms with van der Waals surface area (Å²) in [5, 5.41) is 10.3. The minimum absolute atomic E-state index is 0.0870. The van der Waals surface area contributed by atoms with E-state index in [-0.39, 0.29) is 6.04 Å². The Bertz CT molecular complexity index is 430. The van der Waals surface area contributed by atoms with Crippen molar-refractivity contribution < 1.29 is 9.84 Å². The summed E-state index contributed by atoms with van der Waals surface area (Å²) >= 11 is 0. The maximum Gasteiger partial charge on any atom is 0.124 e. The Balaban J connectivity index is 1.80. The summed E-state index contributed by atoms with van der Waals surface area (Å²) in [6.07, 6.45) is -0.428. The van der Waals surface area contributed by atoms with Crippen molar-refractivity contribution in [1.29, 1.82) is 0 Å². The van der Waals surface area contributed by atoms with Gasteiger partial charge in [-0.25, -0.2) is 0 Å². The standard InChI is InChI=1S/C15H22N2O2/c1-2-16-7-9-17(10-8-16)15-12-5-3-4-6-14(12)19-11-13(15)18/h3-6,13,15,18H,2,7-11H2,1H3. The van der Waals surface area contributed by atoms with Crippen LogP contribution < -0.4 is 4.74 Å². The average Bonchev–Trinajstić information content (AvgIpc) is 2.47. The minimum Gasteiger partial charge on any atom is -0.490 e. The van der Waals surface area contributed by atoms with Gasteiger partial charge in [-0.3, -0.25) is 4.90 Å². The highest BCUT2D eigenvalue weighted by Crippen LogP contribution is 2.36. The van der Waals surface area contributed by atoms with Crippen LogP contribution >= 0.6 is 0 Å². The number of para-hydroxylation sites is 1. The maximum absolute atomic E-state index is 10.3. The van der Waals surface area contributed by atoms with Crippen LogP contribution in [-0.4, -0.2) is 60.3 Å². The highest BCUT2D eigenvalue weighted by Gasteiger charge is 2.35. The Hall–Kier alpha value is -1.10. The second-order valence-electron chi connectivity index (χ2n) is 5.33. The molecule has 0 amide bonds. The van der Waals surface area contributed by atoms with E-state index in [1.165, 1.54) is 0 Å². The lowest BCUT2D eigenvalue weighted by atomic mass is 9.96. The number of likely N-dealkylation sites (N-methyl/N-ethyl adjacent to an activating group) is 1. The summed E-state index contributed by atoms with van der Waals surface area (Å²) in [7, 11) is 0. The average molecular weight is 262 g/mol. The molecule has 2 atom stereocenters. The monoisotopic (exact) mass is 262 g/mol. The number of aliphatic hydroxyl groups is 1. The lowest BCUT2D eigenvalue weighted by Crippen LogP contribution is -2.51. The smallest absolute Gasteiger partial charge is 0.124 e. The van der Waals surface area contributed by atoms with Gasteiger partial charge < -0.3 is 14.7 Å². The number of benzene rings is 1. The van der Waals surface area contributed by atoms with Gasteiger partial charge in [0.2, 0.25) is 0 Å². The molecule has 0 aromatic heterocycles. The Labute approximate surface area is 114 Å². The van der Waals surface area contributed by atoms with Crippen LogP contribution in [-0.2, 0) is 0 Å². The van der Waals surface area contributed by atoms with Crippen LogP contribution in [0.5, 0.6) is 5.75 Å². The molecule has 1 N–H and O–H groups in total. The summed E-state index contributed by atoms with van der Waals surface area (Å²) < 4.78 is 5.61. The van der Waals surface area contributed by atoms with Crippen molar-refractivity contribution >= 4 is 0 Å². The van der Waals surface area contributed by atoms with E-state index >= 15 is 0 Å². The van der Waals surface area contributed by atoms with Gasteiger partial charge in [0.05, 0.1) is 6.04 Å². The molecule has 1 fully saturated rings. The predicted molar refractivity (Wildman–Crippen MR) is 74.4 cm³/mol. The van der Waals surface area contributed by atoms with E-state index in [0.29, 0.717) is 6.61 Å². The molecule has 0 aliphatic carbocycles. The van der Waals surface area contributed by atoms with Gasteiger partial charge in [0.1, 0.15) is 18.5 Å². The molecule has 1 aromatic rings. The normalized spacial score (nSPS) is 28.7. The number of ether oxygens (including phenoxy) is 1. The molecular formula is C15H22N2O2. The van der Waals surface area contributed by atoms with Crippen molar-refractivity contribution in [3.63, 3.8) is 0 Å². The first-order valence-corrected chi connectivity index (χ1v) is 7.16. The fourth-order valence-corrected chi connectivity index (χ4v) is 3.13. The second kappa shape index (κ2) is 5.49. The summed E-state index contributed by atoms with van der Waals surface area (Å²) in [6, 6.07) is 8.17. The number of piperazine rings is 1. The van der Waals surface area contributed by atoms with E-state index in [9.17, 15) is 5.11 Å². The van der Waals surface area contributed by atoms with Crippen molar-refractivity contribution in [2.45, 2.75) is 19.1 Å². The minimum atomic E-state index is -0.428. The first-order chi connectivity index (χ1) is 9.29. The van der Waals surface area contributed by atoms with Crippen molar-refractivity contribution in [2.75, 3.05) is 39.3 Å². The molecule has 2 aliphatic heterocycles.